The number of hydrogen-bond donors (Lipinski definition) is 2. The summed E-state index contributed by atoms with van der Waals surface area (Å²) in [4.78, 5) is 22.4. The van der Waals surface area contributed by atoms with Gasteiger partial charge >= 0.3 is 13.8 Å². The van der Waals surface area contributed by atoms with Crippen molar-refractivity contribution in [3.63, 3.8) is 0 Å². The number of carbonyl (C=O) groups is 1. The summed E-state index contributed by atoms with van der Waals surface area (Å²) in [6.07, 6.45) is 46.4. The van der Waals surface area contributed by atoms with Gasteiger partial charge in [-0.3, -0.25) is 13.8 Å². The largest absolute Gasteiger partial charge is 0.472 e. The van der Waals surface area contributed by atoms with Gasteiger partial charge in [-0.25, -0.2) is 4.57 Å². The zero-order valence-corrected chi connectivity index (χ0v) is 35.7. The van der Waals surface area contributed by atoms with Gasteiger partial charge < -0.3 is 20.1 Å². The number of ether oxygens (including phenoxy) is 2. The molecule has 0 bridgehead atoms. The first-order valence-corrected chi connectivity index (χ1v) is 23.8. The number of rotatable bonds is 43. The SMILES string of the molecule is CCCCCCC/C=C\C/C=C\CCCCCCCCCCCCCCCC(=O)OC(COCCCCCCCCCCC)COP(=O)(O)OCCN. The summed E-state index contributed by atoms with van der Waals surface area (Å²) in [5.74, 6) is -0.330. The topological polar surface area (TPSA) is 117 Å². The van der Waals surface area contributed by atoms with Crippen molar-refractivity contribution < 1.29 is 32.8 Å². The molecule has 8 nitrogen and oxygen atoms in total. The fourth-order valence-electron chi connectivity index (χ4n) is 6.32. The zero-order valence-electron chi connectivity index (χ0n) is 34.8. The number of hydrogen-bond acceptors (Lipinski definition) is 7. The van der Waals surface area contributed by atoms with E-state index in [2.05, 4.69) is 38.2 Å². The van der Waals surface area contributed by atoms with Crippen LogP contribution < -0.4 is 5.73 Å². The molecule has 0 radical (unpaired) electrons. The molecule has 0 aliphatic carbocycles. The monoisotopic (exact) mass is 772 g/mol. The van der Waals surface area contributed by atoms with Gasteiger partial charge in [0.1, 0.15) is 6.10 Å². The van der Waals surface area contributed by atoms with Crippen LogP contribution in [0.4, 0.5) is 0 Å². The molecular weight excluding hydrogens is 685 g/mol. The van der Waals surface area contributed by atoms with Gasteiger partial charge in [0.2, 0.25) is 0 Å². The molecule has 0 aliphatic rings. The van der Waals surface area contributed by atoms with Crippen molar-refractivity contribution in [2.45, 2.75) is 219 Å². The third kappa shape index (κ3) is 42.0. The van der Waals surface area contributed by atoms with Crippen molar-refractivity contribution in [2.75, 3.05) is 33.0 Å². The minimum Gasteiger partial charge on any atom is -0.457 e. The Balaban J connectivity index is 3.86. The van der Waals surface area contributed by atoms with Gasteiger partial charge in [-0.1, -0.05) is 186 Å². The summed E-state index contributed by atoms with van der Waals surface area (Å²) < 4.78 is 33.3. The van der Waals surface area contributed by atoms with Crippen molar-refractivity contribution in [2.24, 2.45) is 5.73 Å². The molecule has 0 saturated carbocycles. The summed E-state index contributed by atoms with van der Waals surface area (Å²) >= 11 is 0. The Morgan fingerprint density at radius 3 is 1.47 bits per heavy atom. The summed E-state index contributed by atoms with van der Waals surface area (Å²) in [5, 5.41) is 0. The lowest BCUT2D eigenvalue weighted by Gasteiger charge is -2.20. The second kappa shape index (κ2) is 42.1. The molecule has 0 amide bonds. The number of esters is 1. The maximum Gasteiger partial charge on any atom is 0.472 e. The Bertz CT molecular complexity index is 869. The Morgan fingerprint density at radius 2 is 1.00 bits per heavy atom. The predicted molar refractivity (Wildman–Crippen MR) is 224 cm³/mol. The van der Waals surface area contributed by atoms with E-state index in [0.717, 1.165) is 38.5 Å². The van der Waals surface area contributed by atoms with Crippen LogP contribution in [0.3, 0.4) is 0 Å². The molecule has 2 unspecified atom stereocenters. The lowest BCUT2D eigenvalue weighted by molar-refractivity contribution is -0.154. The second-order valence-electron chi connectivity index (χ2n) is 14.9. The van der Waals surface area contributed by atoms with Crippen LogP contribution >= 0.6 is 7.82 Å². The quantitative estimate of drug-likeness (QED) is 0.0272. The van der Waals surface area contributed by atoms with E-state index >= 15 is 0 Å². The van der Waals surface area contributed by atoms with Crippen LogP contribution in [-0.2, 0) is 27.9 Å². The van der Waals surface area contributed by atoms with Crippen LogP contribution in [0.1, 0.15) is 213 Å². The van der Waals surface area contributed by atoms with Gasteiger partial charge in [0, 0.05) is 19.6 Å². The fourth-order valence-corrected chi connectivity index (χ4v) is 7.09. The smallest absolute Gasteiger partial charge is 0.457 e. The highest BCUT2D eigenvalue weighted by Crippen LogP contribution is 2.43. The van der Waals surface area contributed by atoms with Crippen LogP contribution in [0.5, 0.6) is 0 Å². The Labute approximate surface area is 327 Å². The van der Waals surface area contributed by atoms with E-state index in [1.165, 1.54) is 154 Å². The van der Waals surface area contributed by atoms with Gasteiger partial charge in [-0.15, -0.1) is 0 Å². The maximum absolute atomic E-state index is 12.6. The van der Waals surface area contributed by atoms with E-state index in [0.29, 0.717) is 13.0 Å². The van der Waals surface area contributed by atoms with Crippen molar-refractivity contribution in [3.8, 4) is 0 Å². The Morgan fingerprint density at radius 1 is 0.566 bits per heavy atom. The third-order valence-electron chi connectivity index (χ3n) is 9.62. The first-order chi connectivity index (χ1) is 25.9. The minimum atomic E-state index is -4.27. The van der Waals surface area contributed by atoms with E-state index in [4.69, 9.17) is 24.3 Å². The molecule has 0 aromatic rings. The lowest BCUT2D eigenvalue weighted by atomic mass is 10.0. The Kier molecular flexibility index (Phi) is 41.3. The van der Waals surface area contributed by atoms with Crippen LogP contribution in [0, 0.1) is 0 Å². The molecule has 0 spiro atoms. The molecule has 314 valence electrons. The van der Waals surface area contributed by atoms with Crippen molar-refractivity contribution >= 4 is 13.8 Å². The van der Waals surface area contributed by atoms with Gasteiger partial charge in [-0.05, 0) is 44.9 Å². The molecule has 0 rings (SSSR count). The second-order valence-corrected chi connectivity index (χ2v) is 16.4. The summed E-state index contributed by atoms with van der Waals surface area (Å²) in [5.41, 5.74) is 5.36. The van der Waals surface area contributed by atoms with E-state index < -0.39 is 13.9 Å². The predicted octanol–water partition coefficient (Wildman–Crippen LogP) is 13.3. The number of carbonyl (C=O) groups excluding carboxylic acids is 1. The molecule has 0 aromatic carbocycles. The highest BCUT2D eigenvalue weighted by molar-refractivity contribution is 7.47. The molecule has 0 fully saturated rings. The van der Waals surface area contributed by atoms with Gasteiger partial charge in [0.05, 0.1) is 19.8 Å². The number of nitrogens with two attached hydrogens (primary N) is 1. The summed E-state index contributed by atoms with van der Waals surface area (Å²) in [6, 6.07) is 0. The number of unbranched alkanes of at least 4 members (excludes halogenated alkanes) is 26. The van der Waals surface area contributed by atoms with E-state index in [9.17, 15) is 14.3 Å². The molecule has 0 aromatic heterocycles. The average Bonchev–Trinajstić information content (AvgIpc) is 3.15. The maximum atomic E-state index is 12.6. The molecule has 2 atom stereocenters. The summed E-state index contributed by atoms with van der Waals surface area (Å²) in [7, 11) is -4.27. The van der Waals surface area contributed by atoms with E-state index in [1.807, 2.05) is 0 Å². The minimum absolute atomic E-state index is 0.0933. The first kappa shape index (κ1) is 52.0. The van der Waals surface area contributed by atoms with Crippen molar-refractivity contribution in [3.05, 3.63) is 24.3 Å². The van der Waals surface area contributed by atoms with E-state index in [1.54, 1.807) is 0 Å². The normalized spacial score (nSPS) is 13.7. The number of allylic oxidation sites excluding steroid dienone is 4. The Hall–Kier alpha value is -1.02. The van der Waals surface area contributed by atoms with Crippen LogP contribution in [0.2, 0.25) is 0 Å². The zero-order chi connectivity index (χ0) is 38.8. The molecular formula is C44H86NO7P. The standard InChI is InChI=1S/C44H86NO7P/c1-3-5-7-9-11-13-14-15-16-17-18-19-20-21-22-23-24-25-26-27-28-29-31-33-35-37-44(46)52-43(42-51-53(47,48)50-40-38-45)41-49-39-36-34-32-30-12-10-8-6-4-2/h14-15,17-18,43H,3-13,16,19-42,45H2,1-2H3,(H,47,48)/b15-14-,18-17-. The lowest BCUT2D eigenvalue weighted by Crippen LogP contribution is -2.28. The number of phosphoric ester groups is 1. The van der Waals surface area contributed by atoms with Crippen LogP contribution in [0.25, 0.3) is 0 Å². The van der Waals surface area contributed by atoms with Crippen molar-refractivity contribution in [1.82, 2.24) is 0 Å². The fraction of sp³-hybridized carbons (Fsp3) is 0.886. The van der Waals surface area contributed by atoms with Gasteiger partial charge in [0.25, 0.3) is 0 Å². The molecule has 3 N–H and O–H groups in total. The van der Waals surface area contributed by atoms with Crippen LogP contribution in [0.15, 0.2) is 24.3 Å². The molecule has 9 heteroatoms. The highest BCUT2D eigenvalue weighted by atomic mass is 31.2. The molecule has 0 heterocycles. The average molecular weight is 772 g/mol. The third-order valence-corrected chi connectivity index (χ3v) is 10.6. The first-order valence-electron chi connectivity index (χ1n) is 22.3. The van der Waals surface area contributed by atoms with Crippen molar-refractivity contribution in [1.29, 1.82) is 0 Å². The number of phosphoric acid groups is 1. The molecule has 0 saturated heterocycles. The summed E-state index contributed by atoms with van der Waals surface area (Å²) in [6.45, 7) is 4.92. The van der Waals surface area contributed by atoms with Gasteiger partial charge in [-0.2, -0.15) is 0 Å². The van der Waals surface area contributed by atoms with Crippen LogP contribution in [-0.4, -0.2) is 49.9 Å². The van der Waals surface area contributed by atoms with E-state index in [-0.39, 0.29) is 32.3 Å². The molecule has 0 aliphatic heterocycles. The highest BCUT2D eigenvalue weighted by Gasteiger charge is 2.25. The van der Waals surface area contributed by atoms with Gasteiger partial charge in [0.15, 0.2) is 0 Å². The molecule has 53 heavy (non-hydrogen) atoms.